The van der Waals surface area contributed by atoms with Crippen LogP contribution in [-0.2, 0) is 4.74 Å². The van der Waals surface area contributed by atoms with E-state index in [0.29, 0.717) is 5.56 Å². The smallest absolute Gasteiger partial charge is 0.337 e. The molecule has 0 atom stereocenters. The Kier molecular flexibility index (Phi) is 3.24. The molecular formula is C15H17NO2. The third-order valence-electron chi connectivity index (χ3n) is 3.13. The van der Waals surface area contributed by atoms with Crippen molar-refractivity contribution in [3.8, 4) is 5.69 Å². The van der Waals surface area contributed by atoms with Gasteiger partial charge in [0.25, 0.3) is 0 Å². The minimum absolute atomic E-state index is 0.300. The second kappa shape index (κ2) is 4.69. The predicted molar refractivity (Wildman–Crippen MR) is 71.3 cm³/mol. The Hall–Kier alpha value is -2.03. The fraction of sp³-hybridized carbons (Fsp3) is 0.267. The third kappa shape index (κ3) is 2.04. The van der Waals surface area contributed by atoms with Crippen LogP contribution in [0.15, 0.2) is 30.3 Å². The van der Waals surface area contributed by atoms with Crippen LogP contribution in [0.1, 0.15) is 27.3 Å². The summed E-state index contributed by atoms with van der Waals surface area (Å²) >= 11 is 0. The minimum atomic E-state index is -0.300. The maximum absolute atomic E-state index is 11.5. The van der Waals surface area contributed by atoms with Crippen molar-refractivity contribution in [3.63, 3.8) is 0 Å². The lowest BCUT2D eigenvalue weighted by Crippen LogP contribution is -2.05. The molecule has 0 unspecified atom stereocenters. The van der Waals surface area contributed by atoms with Gasteiger partial charge in [0.15, 0.2) is 0 Å². The molecule has 0 aliphatic carbocycles. The molecule has 2 rings (SSSR count). The van der Waals surface area contributed by atoms with E-state index in [4.69, 9.17) is 4.74 Å². The van der Waals surface area contributed by atoms with Crippen molar-refractivity contribution in [1.82, 2.24) is 4.57 Å². The van der Waals surface area contributed by atoms with Gasteiger partial charge in [0.2, 0.25) is 0 Å². The van der Waals surface area contributed by atoms with E-state index in [1.807, 2.05) is 19.1 Å². The summed E-state index contributed by atoms with van der Waals surface area (Å²) in [6.45, 7) is 6.14. The normalized spacial score (nSPS) is 10.4. The van der Waals surface area contributed by atoms with Crippen molar-refractivity contribution in [1.29, 1.82) is 0 Å². The number of methoxy groups -OCH3 is 1. The Labute approximate surface area is 107 Å². The van der Waals surface area contributed by atoms with Gasteiger partial charge in [-0.1, -0.05) is 0 Å². The molecule has 0 bridgehead atoms. The quantitative estimate of drug-likeness (QED) is 0.758. The highest BCUT2D eigenvalue weighted by Gasteiger charge is 2.10. The Morgan fingerprint density at radius 1 is 1.06 bits per heavy atom. The number of benzene rings is 1. The zero-order chi connectivity index (χ0) is 13.3. The topological polar surface area (TPSA) is 31.2 Å². The summed E-state index contributed by atoms with van der Waals surface area (Å²) in [5.74, 6) is -0.300. The first kappa shape index (κ1) is 12.4. The summed E-state index contributed by atoms with van der Waals surface area (Å²) < 4.78 is 6.90. The van der Waals surface area contributed by atoms with Crippen LogP contribution in [0.4, 0.5) is 0 Å². The fourth-order valence-electron chi connectivity index (χ4n) is 2.20. The second-order valence-corrected chi connectivity index (χ2v) is 4.44. The van der Waals surface area contributed by atoms with Gasteiger partial charge in [0.1, 0.15) is 0 Å². The van der Waals surface area contributed by atoms with E-state index < -0.39 is 0 Å². The molecule has 1 heterocycles. The van der Waals surface area contributed by atoms with Crippen molar-refractivity contribution in [3.05, 3.63) is 52.8 Å². The molecule has 3 nitrogen and oxygen atoms in total. The van der Waals surface area contributed by atoms with Crippen LogP contribution in [-0.4, -0.2) is 17.6 Å². The highest BCUT2D eigenvalue weighted by molar-refractivity contribution is 5.89. The van der Waals surface area contributed by atoms with Crippen LogP contribution >= 0.6 is 0 Å². The maximum atomic E-state index is 11.5. The summed E-state index contributed by atoms with van der Waals surface area (Å²) in [6, 6.07) is 9.79. The predicted octanol–water partition coefficient (Wildman–Crippen LogP) is 3.19. The Balaban J connectivity index is 2.52. The molecule has 1 aromatic heterocycles. The van der Waals surface area contributed by atoms with Crippen LogP contribution in [0, 0.1) is 20.8 Å². The van der Waals surface area contributed by atoms with E-state index in [0.717, 1.165) is 11.3 Å². The van der Waals surface area contributed by atoms with Crippen molar-refractivity contribution >= 4 is 5.97 Å². The van der Waals surface area contributed by atoms with E-state index in [1.54, 1.807) is 6.07 Å². The number of hydrogen-bond acceptors (Lipinski definition) is 2. The van der Waals surface area contributed by atoms with Crippen LogP contribution in [0.2, 0.25) is 0 Å². The Morgan fingerprint density at radius 2 is 1.67 bits per heavy atom. The number of hydrogen-bond donors (Lipinski definition) is 0. The standard InChI is InChI=1S/C15H17NO2/c1-10-9-13(15(17)18-4)7-8-14(10)16-11(2)5-6-12(16)3/h5-9H,1-4H3. The summed E-state index contributed by atoms with van der Waals surface area (Å²) in [6.07, 6.45) is 0. The lowest BCUT2D eigenvalue weighted by atomic mass is 10.1. The van der Waals surface area contributed by atoms with Gasteiger partial charge in [-0.25, -0.2) is 4.79 Å². The molecule has 18 heavy (non-hydrogen) atoms. The van der Waals surface area contributed by atoms with Gasteiger partial charge >= 0.3 is 5.97 Å². The third-order valence-corrected chi connectivity index (χ3v) is 3.13. The molecule has 0 amide bonds. The first-order chi connectivity index (χ1) is 8.54. The van der Waals surface area contributed by atoms with E-state index in [1.165, 1.54) is 18.5 Å². The minimum Gasteiger partial charge on any atom is -0.465 e. The summed E-state index contributed by atoms with van der Waals surface area (Å²) in [5.41, 5.74) is 5.10. The molecule has 0 spiro atoms. The van der Waals surface area contributed by atoms with Gasteiger partial charge in [0.05, 0.1) is 12.7 Å². The van der Waals surface area contributed by atoms with Gasteiger partial charge in [-0.3, -0.25) is 0 Å². The number of aryl methyl sites for hydroxylation is 3. The SMILES string of the molecule is COC(=O)c1ccc(-n2c(C)ccc2C)c(C)c1. The molecule has 0 saturated carbocycles. The lowest BCUT2D eigenvalue weighted by molar-refractivity contribution is 0.0600. The largest absolute Gasteiger partial charge is 0.465 e. The van der Waals surface area contributed by atoms with Crippen LogP contribution in [0.25, 0.3) is 5.69 Å². The van der Waals surface area contributed by atoms with Crippen molar-refractivity contribution < 1.29 is 9.53 Å². The average molecular weight is 243 g/mol. The first-order valence-corrected chi connectivity index (χ1v) is 5.89. The molecule has 2 aromatic rings. The number of aromatic nitrogens is 1. The summed E-state index contributed by atoms with van der Waals surface area (Å²) in [5, 5.41) is 0. The number of carbonyl (C=O) groups is 1. The Bertz CT molecular complexity index is 577. The second-order valence-electron chi connectivity index (χ2n) is 4.44. The zero-order valence-electron chi connectivity index (χ0n) is 11.2. The number of nitrogens with zero attached hydrogens (tertiary/aromatic N) is 1. The summed E-state index contributed by atoms with van der Waals surface area (Å²) in [4.78, 5) is 11.5. The van der Waals surface area contributed by atoms with Crippen LogP contribution < -0.4 is 0 Å². The van der Waals surface area contributed by atoms with Gasteiger partial charge in [-0.05, 0) is 56.7 Å². The van der Waals surface area contributed by atoms with Gasteiger partial charge in [-0.2, -0.15) is 0 Å². The molecule has 94 valence electrons. The molecule has 3 heteroatoms. The highest BCUT2D eigenvalue weighted by atomic mass is 16.5. The van der Waals surface area contributed by atoms with Gasteiger partial charge < -0.3 is 9.30 Å². The summed E-state index contributed by atoms with van der Waals surface area (Å²) in [7, 11) is 1.39. The number of esters is 1. The molecule has 0 saturated heterocycles. The number of ether oxygens (including phenoxy) is 1. The molecule has 0 aliphatic rings. The molecule has 0 radical (unpaired) electrons. The first-order valence-electron chi connectivity index (χ1n) is 5.89. The Morgan fingerprint density at radius 3 is 2.17 bits per heavy atom. The maximum Gasteiger partial charge on any atom is 0.337 e. The van der Waals surface area contributed by atoms with Crippen molar-refractivity contribution in [2.75, 3.05) is 7.11 Å². The van der Waals surface area contributed by atoms with Crippen LogP contribution in [0.3, 0.4) is 0 Å². The van der Waals surface area contributed by atoms with E-state index in [2.05, 4.69) is 30.5 Å². The number of rotatable bonds is 2. The molecule has 0 aliphatic heterocycles. The number of carbonyl (C=O) groups excluding carboxylic acids is 1. The van der Waals surface area contributed by atoms with E-state index >= 15 is 0 Å². The zero-order valence-corrected chi connectivity index (χ0v) is 11.2. The monoisotopic (exact) mass is 243 g/mol. The van der Waals surface area contributed by atoms with Crippen molar-refractivity contribution in [2.45, 2.75) is 20.8 Å². The van der Waals surface area contributed by atoms with Crippen molar-refractivity contribution in [2.24, 2.45) is 0 Å². The van der Waals surface area contributed by atoms with E-state index in [9.17, 15) is 4.79 Å². The van der Waals surface area contributed by atoms with Gasteiger partial charge in [-0.15, -0.1) is 0 Å². The lowest BCUT2D eigenvalue weighted by Gasteiger charge is -2.13. The highest BCUT2D eigenvalue weighted by Crippen LogP contribution is 2.21. The average Bonchev–Trinajstić information content (AvgIpc) is 2.68. The van der Waals surface area contributed by atoms with Crippen LogP contribution in [0.5, 0.6) is 0 Å². The molecule has 1 aromatic carbocycles. The molecule has 0 N–H and O–H groups in total. The molecule has 0 fully saturated rings. The van der Waals surface area contributed by atoms with E-state index in [-0.39, 0.29) is 5.97 Å². The van der Waals surface area contributed by atoms with Gasteiger partial charge in [0, 0.05) is 17.1 Å². The molecular weight excluding hydrogens is 226 g/mol. The fourth-order valence-corrected chi connectivity index (χ4v) is 2.20.